The van der Waals surface area contributed by atoms with Gasteiger partial charge in [-0.25, -0.2) is 9.18 Å². The molecule has 0 saturated carbocycles. The van der Waals surface area contributed by atoms with Crippen LogP contribution in [0.4, 0.5) is 4.39 Å². The lowest BCUT2D eigenvalue weighted by atomic mass is 10.1. The van der Waals surface area contributed by atoms with Crippen molar-refractivity contribution < 1.29 is 23.5 Å². The highest BCUT2D eigenvalue weighted by atomic mass is 19.1. The van der Waals surface area contributed by atoms with Gasteiger partial charge in [0.1, 0.15) is 11.6 Å². The van der Waals surface area contributed by atoms with Crippen LogP contribution >= 0.6 is 0 Å². The first kappa shape index (κ1) is 14.0. The van der Waals surface area contributed by atoms with Crippen molar-refractivity contribution in [2.75, 3.05) is 7.11 Å². The molecule has 0 aliphatic carbocycles. The Morgan fingerprint density at radius 3 is 2.77 bits per heavy atom. The minimum Gasteiger partial charge on any atom is -0.465 e. The summed E-state index contributed by atoms with van der Waals surface area (Å²) in [4.78, 5) is 23.8. The monoisotopic (exact) mass is 298 g/mol. The zero-order valence-electron chi connectivity index (χ0n) is 11.6. The van der Waals surface area contributed by atoms with Crippen LogP contribution in [-0.4, -0.2) is 18.9 Å². The van der Waals surface area contributed by atoms with Gasteiger partial charge in [-0.3, -0.25) is 4.79 Å². The number of rotatable bonds is 2. The average molecular weight is 298 g/mol. The smallest absolute Gasteiger partial charge is 0.337 e. The minimum absolute atomic E-state index is 0.0858. The zero-order chi connectivity index (χ0) is 15.7. The van der Waals surface area contributed by atoms with Crippen molar-refractivity contribution in [2.45, 2.75) is 0 Å². The van der Waals surface area contributed by atoms with Gasteiger partial charge < -0.3 is 9.47 Å². The van der Waals surface area contributed by atoms with Crippen molar-refractivity contribution in [1.82, 2.24) is 0 Å². The summed E-state index contributed by atoms with van der Waals surface area (Å²) in [7, 11) is 1.27. The number of fused-ring (bicyclic) bond motifs is 1. The minimum atomic E-state index is -0.529. The largest absolute Gasteiger partial charge is 0.465 e. The van der Waals surface area contributed by atoms with Gasteiger partial charge >= 0.3 is 5.97 Å². The number of Topliss-reactive ketones (excluding diaryl/α,β-unsaturated/α-hetero) is 1. The quantitative estimate of drug-likeness (QED) is 0.631. The maximum atomic E-state index is 13.2. The SMILES string of the molecule is COC(=O)c1ccc2c(c1)C(=O)/C(=C/c1cccc(F)c1)O2. The highest BCUT2D eigenvalue weighted by Crippen LogP contribution is 2.32. The Hall–Kier alpha value is -2.95. The van der Waals surface area contributed by atoms with Gasteiger partial charge in [-0.1, -0.05) is 12.1 Å². The fourth-order valence-electron chi connectivity index (χ4n) is 2.18. The van der Waals surface area contributed by atoms with Crippen molar-refractivity contribution in [3.05, 3.63) is 70.7 Å². The zero-order valence-corrected chi connectivity index (χ0v) is 11.6. The molecule has 2 aromatic carbocycles. The maximum absolute atomic E-state index is 13.2. The normalized spacial score (nSPS) is 14.6. The second-order valence-corrected chi connectivity index (χ2v) is 4.70. The lowest BCUT2D eigenvalue weighted by molar-refractivity contribution is 0.0600. The number of ether oxygens (including phenoxy) is 2. The molecule has 1 aliphatic rings. The molecule has 22 heavy (non-hydrogen) atoms. The Bertz CT molecular complexity index is 808. The summed E-state index contributed by atoms with van der Waals surface area (Å²) < 4.78 is 23.3. The van der Waals surface area contributed by atoms with E-state index in [2.05, 4.69) is 4.74 Å². The Labute approximate surface area is 125 Å². The van der Waals surface area contributed by atoms with Crippen LogP contribution in [0.3, 0.4) is 0 Å². The van der Waals surface area contributed by atoms with Crippen molar-refractivity contribution in [1.29, 1.82) is 0 Å². The molecule has 0 saturated heterocycles. The predicted octanol–water partition coefficient (Wildman–Crippen LogP) is 3.23. The topological polar surface area (TPSA) is 52.6 Å². The number of allylic oxidation sites excluding steroid dienone is 1. The first-order chi connectivity index (χ1) is 10.6. The number of carbonyl (C=O) groups excluding carboxylic acids is 2. The lowest BCUT2D eigenvalue weighted by Gasteiger charge is -2.00. The number of methoxy groups -OCH3 is 1. The van der Waals surface area contributed by atoms with E-state index >= 15 is 0 Å². The van der Waals surface area contributed by atoms with Crippen LogP contribution in [0.1, 0.15) is 26.3 Å². The van der Waals surface area contributed by atoms with Crippen LogP contribution in [0.5, 0.6) is 5.75 Å². The Kier molecular flexibility index (Phi) is 3.47. The van der Waals surface area contributed by atoms with Gasteiger partial charge in [-0.2, -0.15) is 0 Å². The molecule has 5 heteroatoms. The van der Waals surface area contributed by atoms with E-state index in [1.807, 2.05) is 0 Å². The van der Waals surface area contributed by atoms with E-state index in [1.165, 1.54) is 43.5 Å². The van der Waals surface area contributed by atoms with E-state index in [0.717, 1.165) is 0 Å². The van der Waals surface area contributed by atoms with Crippen LogP contribution in [0.15, 0.2) is 48.2 Å². The number of ketones is 1. The third-order valence-electron chi connectivity index (χ3n) is 3.24. The van der Waals surface area contributed by atoms with Crippen LogP contribution in [0.25, 0.3) is 6.08 Å². The van der Waals surface area contributed by atoms with Crippen molar-refractivity contribution in [2.24, 2.45) is 0 Å². The summed E-state index contributed by atoms with van der Waals surface area (Å²) in [6.07, 6.45) is 1.46. The van der Waals surface area contributed by atoms with Crippen LogP contribution in [0, 0.1) is 5.82 Å². The molecular formula is C17H11FO4. The highest BCUT2D eigenvalue weighted by molar-refractivity contribution is 6.15. The number of esters is 1. The molecule has 1 aliphatic heterocycles. The molecule has 0 spiro atoms. The number of hydrogen-bond acceptors (Lipinski definition) is 4. The highest BCUT2D eigenvalue weighted by Gasteiger charge is 2.28. The number of benzene rings is 2. The molecule has 3 rings (SSSR count). The molecule has 1 heterocycles. The predicted molar refractivity (Wildman–Crippen MR) is 77.1 cm³/mol. The molecule has 2 aromatic rings. The summed E-state index contributed by atoms with van der Waals surface area (Å²) in [5, 5.41) is 0. The van der Waals surface area contributed by atoms with Crippen molar-refractivity contribution >= 4 is 17.8 Å². The third kappa shape index (κ3) is 2.48. The summed E-state index contributed by atoms with van der Waals surface area (Å²) in [5.41, 5.74) is 1.07. The molecule has 0 fully saturated rings. The van der Waals surface area contributed by atoms with Crippen LogP contribution < -0.4 is 4.74 Å². The summed E-state index contributed by atoms with van der Waals surface area (Å²) in [6, 6.07) is 10.3. The molecule has 0 unspecified atom stereocenters. The van der Waals surface area contributed by atoms with E-state index in [0.29, 0.717) is 11.3 Å². The molecule has 0 aromatic heterocycles. The van der Waals surface area contributed by atoms with E-state index in [9.17, 15) is 14.0 Å². The fourth-order valence-corrected chi connectivity index (χ4v) is 2.18. The molecule has 0 amide bonds. The second-order valence-electron chi connectivity index (χ2n) is 4.70. The van der Waals surface area contributed by atoms with Gasteiger partial charge in [-0.05, 0) is 42.0 Å². The maximum Gasteiger partial charge on any atom is 0.337 e. The van der Waals surface area contributed by atoms with Gasteiger partial charge in [0, 0.05) is 0 Å². The molecule has 0 bridgehead atoms. The second kappa shape index (κ2) is 5.44. The molecule has 110 valence electrons. The van der Waals surface area contributed by atoms with E-state index in [4.69, 9.17) is 4.74 Å². The van der Waals surface area contributed by atoms with E-state index in [1.54, 1.807) is 12.1 Å². The van der Waals surface area contributed by atoms with Crippen LogP contribution in [-0.2, 0) is 4.74 Å². The van der Waals surface area contributed by atoms with Gasteiger partial charge in [0.15, 0.2) is 5.76 Å². The van der Waals surface area contributed by atoms with Crippen molar-refractivity contribution in [3.8, 4) is 5.75 Å². The Balaban J connectivity index is 1.96. The number of hydrogen-bond donors (Lipinski definition) is 0. The molecule has 4 nitrogen and oxygen atoms in total. The third-order valence-corrected chi connectivity index (χ3v) is 3.24. The van der Waals surface area contributed by atoms with Gasteiger partial charge in [0.2, 0.25) is 5.78 Å². The van der Waals surface area contributed by atoms with E-state index < -0.39 is 11.8 Å². The average Bonchev–Trinajstić information content (AvgIpc) is 2.82. The molecule has 0 radical (unpaired) electrons. The van der Waals surface area contributed by atoms with Crippen LogP contribution in [0.2, 0.25) is 0 Å². The van der Waals surface area contributed by atoms with Gasteiger partial charge in [-0.15, -0.1) is 0 Å². The fraction of sp³-hybridized carbons (Fsp3) is 0.0588. The Morgan fingerprint density at radius 1 is 1.23 bits per heavy atom. The number of halogens is 1. The molecule has 0 N–H and O–H groups in total. The summed E-state index contributed by atoms with van der Waals surface area (Å²) in [6.45, 7) is 0. The lowest BCUT2D eigenvalue weighted by Crippen LogP contribution is -2.02. The number of carbonyl (C=O) groups is 2. The molecular weight excluding hydrogens is 287 g/mol. The first-order valence-electron chi connectivity index (χ1n) is 6.50. The summed E-state index contributed by atoms with van der Waals surface area (Å²) >= 11 is 0. The first-order valence-corrected chi connectivity index (χ1v) is 6.50. The van der Waals surface area contributed by atoms with Crippen molar-refractivity contribution in [3.63, 3.8) is 0 Å². The standard InChI is InChI=1S/C17H11FO4/c1-21-17(20)11-5-6-14-13(9-11)16(19)15(22-14)8-10-3-2-4-12(18)7-10/h2-9H,1H3/b15-8-. The molecule has 0 atom stereocenters. The van der Waals surface area contributed by atoms with Gasteiger partial charge in [0.25, 0.3) is 0 Å². The summed E-state index contributed by atoms with van der Waals surface area (Å²) in [5.74, 6) is -0.837. The Morgan fingerprint density at radius 2 is 2.05 bits per heavy atom. The van der Waals surface area contributed by atoms with E-state index in [-0.39, 0.29) is 22.7 Å². The van der Waals surface area contributed by atoms with Gasteiger partial charge in [0.05, 0.1) is 18.2 Å².